The number of rotatable bonds is 5. The van der Waals surface area contributed by atoms with Gasteiger partial charge in [-0.25, -0.2) is 14.3 Å². The summed E-state index contributed by atoms with van der Waals surface area (Å²) in [7, 11) is 1.35. The maximum absolute atomic E-state index is 12.8. The second-order valence-corrected chi connectivity index (χ2v) is 6.46. The first-order valence-corrected chi connectivity index (χ1v) is 9.18. The number of hydrogen-bond acceptors (Lipinski definition) is 6. The van der Waals surface area contributed by atoms with E-state index >= 15 is 0 Å². The van der Waals surface area contributed by atoms with Crippen molar-refractivity contribution in [2.45, 2.75) is 19.6 Å². The predicted molar refractivity (Wildman–Crippen MR) is 109 cm³/mol. The van der Waals surface area contributed by atoms with Gasteiger partial charge in [-0.1, -0.05) is 48.5 Å². The van der Waals surface area contributed by atoms with Crippen molar-refractivity contribution in [2.75, 3.05) is 7.05 Å². The van der Waals surface area contributed by atoms with Gasteiger partial charge in [0.2, 0.25) is 0 Å². The van der Waals surface area contributed by atoms with Crippen LogP contribution >= 0.6 is 0 Å². The minimum absolute atomic E-state index is 0.0966. The van der Waals surface area contributed by atoms with Gasteiger partial charge in [0.1, 0.15) is 0 Å². The van der Waals surface area contributed by atoms with Crippen molar-refractivity contribution < 1.29 is 19.1 Å². The zero-order valence-electron chi connectivity index (χ0n) is 16.4. The average Bonchev–Trinajstić information content (AvgIpc) is 2.76. The number of imide groups is 1. The Balaban J connectivity index is 1.95. The smallest absolute Gasteiger partial charge is 0.360 e. The standard InChI is InChI=1S/C21H20N4O5/c1-13(18(26)23-21(29)22-2)30-20(28)17-15-10-6-7-11-16(15)19(27)25(24-17)12-14-8-4-3-5-9-14/h3-11,13H,12H2,1-2H3,(H2,22,23,26,29)/t13-/m1/s1. The highest BCUT2D eigenvalue weighted by Crippen LogP contribution is 2.15. The number of carbonyl (C=O) groups is 3. The van der Waals surface area contributed by atoms with Crippen LogP contribution in [0.4, 0.5) is 4.79 Å². The lowest BCUT2D eigenvalue weighted by molar-refractivity contribution is -0.127. The Labute approximate surface area is 171 Å². The number of nitrogens with zero attached hydrogens (tertiary/aromatic N) is 2. The highest BCUT2D eigenvalue weighted by molar-refractivity contribution is 6.03. The topological polar surface area (TPSA) is 119 Å². The maximum atomic E-state index is 12.8. The van der Waals surface area contributed by atoms with Gasteiger partial charge in [0, 0.05) is 12.4 Å². The van der Waals surface area contributed by atoms with Crippen LogP contribution in [0.1, 0.15) is 23.0 Å². The minimum atomic E-state index is -1.25. The average molecular weight is 408 g/mol. The largest absolute Gasteiger partial charge is 0.448 e. The molecule has 3 rings (SSSR count). The van der Waals surface area contributed by atoms with Crippen molar-refractivity contribution in [2.24, 2.45) is 0 Å². The molecule has 3 aromatic rings. The first-order chi connectivity index (χ1) is 14.4. The SMILES string of the molecule is CNC(=O)NC(=O)[C@@H](C)OC(=O)c1nn(Cc2ccccc2)c(=O)c2ccccc12. The Morgan fingerprint density at radius 3 is 2.33 bits per heavy atom. The molecule has 0 fully saturated rings. The zero-order valence-corrected chi connectivity index (χ0v) is 16.4. The monoisotopic (exact) mass is 408 g/mol. The molecule has 2 aromatic carbocycles. The quantitative estimate of drug-likeness (QED) is 0.617. The van der Waals surface area contributed by atoms with Crippen LogP contribution in [0.5, 0.6) is 0 Å². The van der Waals surface area contributed by atoms with Gasteiger partial charge in [-0.05, 0) is 18.6 Å². The van der Waals surface area contributed by atoms with Crippen molar-refractivity contribution in [3.8, 4) is 0 Å². The first-order valence-electron chi connectivity index (χ1n) is 9.18. The molecule has 1 atom stereocenters. The second-order valence-electron chi connectivity index (χ2n) is 6.46. The molecular weight excluding hydrogens is 388 g/mol. The Kier molecular flexibility index (Phi) is 6.21. The molecule has 0 aliphatic carbocycles. The van der Waals surface area contributed by atoms with Crippen LogP contribution in [0.15, 0.2) is 59.4 Å². The fourth-order valence-electron chi connectivity index (χ4n) is 2.80. The normalized spacial score (nSPS) is 11.5. The predicted octanol–water partition coefficient (Wildman–Crippen LogP) is 1.45. The Morgan fingerprint density at radius 1 is 1.03 bits per heavy atom. The van der Waals surface area contributed by atoms with Crippen LogP contribution < -0.4 is 16.2 Å². The highest BCUT2D eigenvalue weighted by Gasteiger charge is 2.24. The van der Waals surface area contributed by atoms with Gasteiger partial charge in [-0.3, -0.25) is 14.9 Å². The van der Waals surface area contributed by atoms with E-state index in [-0.39, 0.29) is 17.8 Å². The third-order valence-electron chi connectivity index (χ3n) is 4.35. The number of fused-ring (bicyclic) bond motifs is 1. The Morgan fingerprint density at radius 2 is 1.67 bits per heavy atom. The molecule has 0 saturated heterocycles. The second kappa shape index (κ2) is 8.99. The molecule has 0 saturated carbocycles. The van der Waals surface area contributed by atoms with E-state index in [1.54, 1.807) is 24.3 Å². The van der Waals surface area contributed by atoms with E-state index in [1.807, 2.05) is 35.6 Å². The molecule has 0 spiro atoms. The van der Waals surface area contributed by atoms with Crippen molar-refractivity contribution in [3.63, 3.8) is 0 Å². The Bertz CT molecular complexity index is 1160. The molecular formula is C21H20N4O5. The third kappa shape index (κ3) is 4.52. The van der Waals surface area contributed by atoms with E-state index < -0.39 is 24.0 Å². The van der Waals surface area contributed by atoms with E-state index in [0.29, 0.717) is 10.8 Å². The summed E-state index contributed by atoms with van der Waals surface area (Å²) in [4.78, 5) is 48.9. The molecule has 2 N–H and O–H groups in total. The van der Waals surface area contributed by atoms with Crippen molar-refractivity contribution in [1.29, 1.82) is 0 Å². The molecule has 154 valence electrons. The van der Waals surface area contributed by atoms with Crippen molar-refractivity contribution >= 4 is 28.7 Å². The zero-order chi connectivity index (χ0) is 21.7. The highest BCUT2D eigenvalue weighted by atomic mass is 16.5. The number of hydrogen-bond donors (Lipinski definition) is 2. The lowest BCUT2D eigenvalue weighted by atomic mass is 10.1. The molecule has 0 aliphatic rings. The van der Waals surface area contributed by atoms with Crippen LogP contribution in [-0.2, 0) is 16.1 Å². The molecule has 9 heteroatoms. The minimum Gasteiger partial charge on any atom is -0.448 e. The maximum Gasteiger partial charge on any atom is 0.360 e. The number of ether oxygens (including phenoxy) is 1. The summed E-state index contributed by atoms with van der Waals surface area (Å²) in [6.45, 7) is 1.50. The molecule has 30 heavy (non-hydrogen) atoms. The van der Waals surface area contributed by atoms with E-state index in [9.17, 15) is 19.2 Å². The molecule has 9 nitrogen and oxygen atoms in total. The summed E-state index contributed by atoms with van der Waals surface area (Å²) in [6, 6.07) is 15.0. The summed E-state index contributed by atoms with van der Waals surface area (Å²) in [5.74, 6) is -1.67. The van der Waals surface area contributed by atoms with Crippen LogP contribution in [0.25, 0.3) is 10.8 Å². The number of urea groups is 1. The molecule has 1 heterocycles. The van der Waals surface area contributed by atoms with E-state index in [0.717, 1.165) is 5.56 Å². The van der Waals surface area contributed by atoms with Crippen LogP contribution in [0.2, 0.25) is 0 Å². The molecule has 0 unspecified atom stereocenters. The fraction of sp³-hybridized carbons (Fsp3) is 0.190. The van der Waals surface area contributed by atoms with Gasteiger partial charge in [0.05, 0.1) is 11.9 Å². The molecule has 3 amide bonds. The van der Waals surface area contributed by atoms with E-state index in [4.69, 9.17) is 4.74 Å². The van der Waals surface area contributed by atoms with Crippen LogP contribution in [0, 0.1) is 0 Å². The molecule has 0 aliphatic heterocycles. The number of carbonyl (C=O) groups excluding carboxylic acids is 3. The van der Waals surface area contributed by atoms with E-state index in [1.165, 1.54) is 18.7 Å². The lowest BCUT2D eigenvalue weighted by Crippen LogP contribution is -2.43. The fourth-order valence-corrected chi connectivity index (χ4v) is 2.80. The lowest BCUT2D eigenvalue weighted by Gasteiger charge is -2.14. The van der Waals surface area contributed by atoms with E-state index in [2.05, 4.69) is 10.4 Å². The summed E-state index contributed by atoms with van der Waals surface area (Å²) in [6.07, 6.45) is -1.25. The molecule has 1 aromatic heterocycles. The van der Waals surface area contributed by atoms with Gasteiger partial charge in [0.15, 0.2) is 11.8 Å². The van der Waals surface area contributed by atoms with Gasteiger partial charge in [0.25, 0.3) is 11.5 Å². The van der Waals surface area contributed by atoms with Gasteiger partial charge < -0.3 is 10.1 Å². The van der Waals surface area contributed by atoms with Gasteiger partial charge in [-0.2, -0.15) is 5.10 Å². The van der Waals surface area contributed by atoms with Crippen LogP contribution in [-0.4, -0.2) is 40.8 Å². The molecule has 0 radical (unpaired) electrons. The number of nitrogens with one attached hydrogen (secondary N) is 2. The van der Waals surface area contributed by atoms with Crippen molar-refractivity contribution in [1.82, 2.24) is 20.4 Å². The first kappa shape index (κ1) is 20.7. The number of esters is 1. The number of benzene rings is 2. The summed E-state index contributed by atoms with van der Waals surface area (Å²) < 4.78 is 6.37. The summed E-state index contributed by atoms with van der Waals surface area (Å²) in [5.41, 5.74) is 0.386. The van der Waals surface area contributed by atoms with Crippen LogP contribution in [0.3, 0.4) is 0 Å². The van der Waals surface area contributed by atoms with Gasteiger partial charge in [-0.15, -0.1) is 0 Å². The summed E-state index contributed by atoms with van der Waals surface area (Å²) >= 11 is 0. The Hall–Kier alpha value is -4.01. The summed E-state index contributed by atoms with van der Waals surface area (Å²) in [5, 5.41) is 9.09. The third-order valence-corrected chi connectivity index (χ3v) is 4.35. The molecule has 0 bridgehead atoms. The van der Waals surface area contributed by atoms with Gasteiger partial charge >= 0.3 is 12.0 Å². The number of aromatic nitrogens is 2. The number of amides is 3. The van der Waals surface area contributed by atoms with Crippen molar-refractivity contribution in [3.05, 3.63) is 76.2 Å².